The summed E-state index contributed by atoms with van der Waals surface area (Å²) in [7, 11) is 5.65. The summed E-state index contributed by atoms with van der Waals surface area (Å²) in [6.07, 6.45) is 2.31. The van der Waals surface area contributed by atoms with Gasteiger partial charge in [0.25, 0.3) is 11.8 Å². The zero-order valence-electron chi connectivity index (χ0n) is 28.5. The molecule has 2 fully saturated rings. The zero-order valence-corrected chi connectivity index (χ0v) is 28.5. The molecule has 4 heterocycles. The Morgan fingerprint density at radius 1 is 1.00 bits per heavy atom. The van der Waals surface area contributed by atoms with Gasteiger partial charge in [-0.05, 0) is 88.8 Å². The van der Waals surface area contributed by atoms with Crippen LogP contribution in [0.5, 0.6) is 0 Å². The molecule has 0 radical (unpaired) electrons. The number of likely N-dealkylation sites (tertiary alicyclic amines) is 2. The van der Waals surface area contributed by atoms with E-state index in [0.29, 0.717) is 29.8 Å². The molecule has 250 valence electrons. The number of carbonyl (C=O) groups excluding carboxylic acids is 3. The quantitative estimate of drug-likeness (QED) is 0.385. The highest BCUT2D eigenvalue weighted by atomic mass is 16.2. The minimum Gasteiger partial charge on any atom is -0.366 e. The maximum absolute atomic E-state index is 13.6. The lowest BCUT2D eigenvalue weighted by Crippen LogP contribution is -2.62. The predicted molar refractivity (Wildman–Crippen MR) is 184 cm³/mol. The molecular weight excluding hydrogens is 592 g/mol. The Labute approximate surface area is 277 Å². The number of benzene rings is 2. The lowest BCUT2D eigenvalue weighted by Gasteiger charge is -2.53. The summed E-state index contributed by atoms with van der Waals surface area (Å²) < 4.78 is 2.00. The van der Waals surface area contributed by atoms with Crippen molar-refractivity contribution in [2.24, 2.45) is 5.41 Å². The van der Waals surface area contributed by atoms with Crippen LogP contribution >= 0.6 is 0 Å². The Hall–Kier alpha value is -4.38. The normalized spacial score (nSPS) is 18.9. The minimum atomic E-state index is -0.209. The smallest absolute Gasteiger partial charge is 0.321 e. The third kappa shape index (κ3) is 6.72. The lowest BCUT2D eigenvalue weighted by molar-refractivity contribution is -0.0129. The number of anilines is 2. The molecule has 0 aliphatic carbocycles. The zero-order chi connectivity index (χ0) is 33.5. The minimum absolute atomic E-state index is 0.0325. The van der Waals surface area contributed by atoms with E-state index in [4.69, 9.17) is 5.10 Å². The highest BCUT2D eigenvalue weighted by molar-refractivity contribution is 5.95. The molecule has 1 aromatic heterocycles. The summed E-state index contributed by atoms with van der Waals surface area (Å²) in [5, 5.41) is 10.9. The second kappa shape index (κ2) is 13.0. The molecule has 47 heavy (non-hydrogen) atoms. The van der Waals surface area contributed by atoms with Crippen molar-refractivity contribution in [3.63, 3.8) is 0 Å². The van der Waals surface area contributed by atoms with Gasteiger partial charge in [0, 0.05) is 92.4 Å². The Bertz CT molecular complexity index is 1610. The maximum Gasteiger partial charge on any atom is 0.321 e. The maximum atomic E-state index is 13.6. The Balaban J connectivity index is 1.08. The molecule has 0 saturated carbocycles. The van der Waals surface area contributed by atoms with E-state index < -0.39 is 0 Å². The SMILES string of the molecule is CC(C)n1nc(C(=O)NCc2ccc(NC(=O)N3CC4(CCN(C)CC4)C3)cc2)c2c1[C@@H](C)CN(c1ccc(C(=O)N(C)C)cc1)C2. The standard InChI is InChI=1S/C36H48N8O3/c1-24(2)44-32-25(3)20-42(29-13-9-27(10-14-29)34(46)40(4)5)21-30(32)31(39-44)33(45)37-19-26-7-11-28(12-8-26)38-35(47)43-22-36(23-43)15-17-41(6)18-16-36/h7-14,24-25H,15-23H2,1-6H3,(H,37,45)(H,38,47)/t25-/m0/s1. The van der Waals surface area contributed by atoms with Crippen molar-refractivity contribution in [1.29, 1.82) is 0 Å². The molecule has 1 spiro atoms. The van der Waals surface area contributed by atoms with Gasteiger partial charge in [0.2, 0.25) is 0 Å². The Kier molecular flexibility index (Phi) is 9.02. The Morgan fingerprint density at radius 3 is 2.28 bits per heavy atom. The third-order valence-electron chi connectivity index (χ3n) is 10.00. The van der Waals surface area contributed by atoms with E-state index in [-0.39, 0.29) is 29.8 Å². The summed E-state index contributed by atoms with van der Waals surface area (Å²) in [6.45, 7) is 11.9. The molecular formula is C36H48N8O3. The topological polar surface area (TPSA) is 106 Å². The van der Waals surface area contributed by atoms with Crippen LogP contribution in [-0.4, -0.2) is 96.2 Å². The first kappa shape index (κ1) is 32.6. The van der Waals surface area contributed by atoms with Crippen LogP contribution in [0.4, 0.5) is 16.2 Å². The number of hydrogen-bond acceptors (Lipinski definition) is 6. The number of hydrogen-bond donors (Lipinski definition) is 2. The fraction of sp³-hybridized carbons (Fsp3) is 0.500. The summed E-state index contributed by atoms with van der Waals surface area (Å²) >= 11 is 0. The number of nitrogens with one attached hydrogen (secondary N) is 2. The van der Waals surface area contributed by atoms with Crippen LogP contribution in [0.25, 0.3) is 0 Å². The number of amides is 4. The van der Waals surface area contributed by atoms with Gasteiger partial charge in [0.1, 0.15) is 0 Å². The Morgan fingerprint density at radius 2 is 1.66 bits per heavy atom. The van der Waals surface area contributed by atoms with Gasteiger partial charge >= 0.3 is 6.03 Å². The number of fused-ring (bicyclic) bond motifs is 1. The summed E-state index contributed by atoms with van der Waals surface area (Å²) in [5.41, 5.74) is 6.11. The first-order valence-electron chi connectivity index (χ1n) is 16.7. The molecule has 0 bridgehead atoms. The number of carbonyl (C=O) groups is 3. The number of piperidine rings is 1. The fourth-order valence-electron chi connectivity index (χ4n) is 7.17. The van der Waals surface area contributed by atoms with Crippen LogP contribution < -0.4 is 15.5 Å². The molecule has 6 rings (SSSR count). The van der Waals surface area contributed by atoms with Crippen LogP contribution in [-0.2, 0) is 13.1 Å². The highest BCUT2D eigenvalue weighted by Gasteiger charge is 2.46. The van der Waals surface area contributed by atoms with E-state index in [0.717, 1.165) is 73.8 Å². The van der Waals surface area contributed by atoms with Crippen molar-refractivity contribution in [3.8, 4) is 0 Å². The number of urea groups is 1. The third-order valence-corrected chi connectivity index (χ3v) is 10.00. The largest absolute Gasteiger partial charge is 0.366 e. The summed E-state index contributed by atoms with van der Waals surface area (Å²) in [4.78, 5) is 46.9. The molecule has 2 saturated heterocycles. The molecule has 3 aromatic rings. The monoisotopic (exact) mass is 640 g/mol. The molecule has 1 atom stereocenters. The van der Waals surface area contributed by atoms with Crippen LogP contribution in [0.15, 0.2) is 48.5 Å². The number of aromatic nitrogens is 2. The lowest BCUT2D eigenvalue weighted by atomic mass is 9.72. The average molecular weight is 641 g/mol. The van der Waals surface area contributed by atoms with Crippen molar-refractivity contribution < 1.29 is 14.4 Å². The molecule has 4 amide bonds. The van der Waals surface area contributed by atoms with Gasteiger partial charge in [0.15, 0.2) is 5.69 Å². The van der Waals surface area contributed by atoms with Crippen molar-refractivity contribution in [2.45, 2.75) is 58.7 Å². The second-order valence-corrected chi connectivity index (χ2v) is 14.2. The van der Waals surface area contributed by atoms with E-state index >= 15 is 0 Å². The van der Waals surface area contributed by atoms with Gasteiger partial charge in [-0.2, -0.15) is 5.10 Å². The van der Waals surface area contributed by atoms with Crippen LogP contribution in [0.1, 0.15) is 83.2 Å². The summed E-state index contributed by atoms with van der Waals surface area (Å²) in [5.74, 6) is -0.0817. The van der Waals surface area contributed by atoms with Crippen molar-refractivity contribution in [2.75, 3.05) is 64.1 Å². The van der Waals surface area contributed by atoms with E-state index in [1.54, 1.807) is 19.0 Å². The van der Waals surface area contributed by atoms with Gasteiger partial charge in [-0.15, -0.1) is 0 Å². The molecule has 11 heteroatoms. The van der Waals surface area contributed by atoms with Gasteiger partial charge < -0.3 is 30.2 Å². The van der Waals surface area contributed by atoms with Crippen molar-refractivity contribution >= 4 is 29.2 Å². The van der Waals surface area contributed by atoms with Crippen LogP contribution in [0, 0.1) is 5.41 Å². The molecule has 2 aromatic carbocycles. The molecule has 3 aliphatic heterocycles. The fourth-order valence-corrected chi connectivity index (χ4v) is 7.17. The molecule has 2 N–H and O–H groups in total. The van der Waals surface area contributed by atoms with E-state index in [1.165, 1.54) is 0 Å². The van der Waals surface area contributed by atoms with Gasteiger partial charge in [0.05, 0.1) is 0 Å². The number of nitrogens with zero attached hydrogens (tertiary/aromatic N) is 6. The first-order valence-corrected chi connectivity index (χ1v) is 16.7. The van der Waals surface area contributed by atoms with Gasteiger partial charge in [-0.25, -0.2) is 4.79 Å². The van der Waals surface area contributed by atoms with Crippen molar-refractivity contribution in [1.82, 2.24) is 29.8 Å². The highest BCUT2D eigenvalue weighted by Crippen LogP contribution is 2.40. The van der Waals surface area contributed by atoms with E-state index in [9.17, 15) is 14.4 Å². The van der Waals surface area contributed by atoms with Crippen molar-refractivity contribution in [3.05, 3.63) is 76.6 Å². The van der Waals surface area contributed by atoms with E-state index in [2.05, 4.69) is 48.3 Å². The molecule has 0 unspecified atom stereocenters. The van der Waals surface area contributed by atoms with Gasteiger partial charge in [-0.1, -0.05) is 19.1 Å². The average Bonchev–Trinajstić information content (AvgIpc) is 3.44. The van der Waals surface area contributed by atoms with Crippen LogP contribution in [0.2, 0.25) is 0 Å². The molecule has 11 nitrogen and oxygen atoms in total. The van der Waals surface area contributed by atoms with Gasteiger partial charge in [-0.3, -0.25) is 14.3 Å². The van der Waals surface area contributed by atoms with Crippen LogP contribution in [0.3, 0.4) is 0 Å². The summed E-state index contributed by atoms with van der Waals surface area (Å²) in [6, 6.07) is 15.4. The van der Waals surface area contributed by atoms with E-state index in [1.807, 2.05) is 58.1 Å². The second-order valence-electron chi connectivity index (χ2n) is 14.2. The molecule has 3 aliphatic rings. The first-order chi connectivity index (χ1) is 22.4. The predicted octanol–water partition coefficient (Wildman–Crippen LogP) is 4.78. The number of rotatable bonds is 7.